The molecule has 3 N–H and O–H groups in total. The molecule has 1 aromatic heterocycles. The van der Waals surface area contributed by atoms with Crippen molar-refractivity contribution in [3.63, 3.8) is 0 Å². The van der Waals surface area contributed by atoms with Gasteiger partial charge in [0.1, 0.15) is 12.4 Å². The van der Waals surface area contributed by atoms with Crippen LogP contribution in [0.3, 0.4) is 0 Å². The van der Waals surface area contributed by atoms with E-state index in [1.54, 1.807) is 19.1 Å². The van der Waals surface area contributed by atoms with E-state index in [1.807, 2.05) is 63.7 Å². The maximum atomic E-state index is 12.1. The van der Waals surface area contributed by atoms with E-state index < -0.39 is 52.4 Å². The molecule has 2 aromatic carbocycles. The molecule has 0 amide bonds. The molecule has 13 heteroatoms. The summed E-state index contributed by atoms with van der Waals surface area (Å²) in [7, 11) is 0. The molecule has 0 fully saturated rings. The van der Waals surface area contributed by atoms with Crippen LogP contribution in [-0.2, 0) is 38.1 Å². The van der Waals surface area contributed by atoms with E-state index in [-0.39, 0.29) is 12.4 Å². The Morgan fingerprint density at radius 2 is 1.48 bits per heavy atom. The van der Waals surface area contributed by atoms with Crippen LogP contribution in [0.15, 0.2) is 48.7 Å². The van der Waals surface area contributed by atoms with Crippen LogP contribution in [0.2, 0.25) is 0 Å². The van der Waals surface area contributed by atoms with Crippen LogP contribution < -0.4 is 10.5 Å². The standard InChI is InChI=1S/C29H33IN2O10/c1-15-12-22(32-11-10-20-13-21(31)6-8-24(20)32)7-9-25(15)42-29(37)28(41-19(5)36)27(40-18(4)35)26(39-17(3)34)23(30)14-38-16(2)33/h6-13,23,26-29,37H,14,31H2,1-5H3/t23?,26-,27?,28?,29-/m1/s1. The lowest BCUT2D eigenvalue weighted by molar-refractivity contribution is -0.211. The second-order valence-electron chi connectivity index (χ2n) is 9.50. The molecule has 0 aliphatic rings. The lowest BCUT2D eigenvalue weighted by Gasteiger charge is -2.35. The normalized spacial score (nSPS) is 14.6. The number of fused-ring (bicyclic) bond motifs is 1. The van der Waals surface area contributed by atoms with Crippen molar-refractivity contribution in [2.24, 2.45) is 0 Å². The maximum absolute atomic E-state index is 12.1. The number of anilines is 1. The number of aromatic nitrogens is 1. The van der Waals surface area contributed by atoms with Gasteiger partial charge >= 0.3 is 23.9 Å². The van der Waals surface area contributed by atoms with Gasteiger partial charge in [-0.25, -0.2) is 0 Å². The molecule has 0 spiro atoms. The molecule has 3 rings (SSSR count). The molecular formula is C29H33IN2O10. The lowest BCUT2D eigenvalue weighted by Crippen LogP contribution is -2.55. The lowest BCUT2D eigenvalue weighted by atomic mass is 10.0. The number of nitrogens with two attached hydrogens (primary N) is 1. The van der Waals surface area contributed by atoms with Crippen LogP contribution in [0.1, 0.15) is 33.3 Å². The predicted octanol–water partition coefficient (Wildman–Crippen LogP) is 3.38. The molecule has 0 saturated carbocycles. The zero-order valence-corrected chi connectivity index (χ0v) is 25.9. The van der Waals surface area contributed by atoms with Crippen LogP contribution in [0, 0.1) is 6.92 Å². The number of carbonyl (C=O) groups is 4. The van der Waals surface area contributed by atoms with Gasteiger partial charge in [0.25, 0.3) is 0 Å². The number of benzene rings is 2. The topological polar surface area (TPSA) is 166 Å². The highest BCUT2D eigenvalue weighted by Gasteiger charge is 2.45. The van der Waals surface area contributed by atoms with Crippen molar-refractivity contribution < 1.29 is 48.0 Å². The SMILES string of the molecule is CC(=O)OCC(I)[C@@H](OC(C)=O)C(OC(C)=O)C(OC(C)=O)[C@H](O)Oc1ccc(-n2ccc3cc(N)ccc32)cc1C. The summed E-state index contributed by atoms with van der Waals surface area (Å²) in [5, 5.41) is 12.2. The minimum absolute atomic E-state index is 0.226. The third kappa shape index (κ3) is 8.58. The van der Waals surface area contributed by atoms with Gasteiger partial charge in [0.2, 0.25) is 12.4 Å². The van der Waals surface area contributed by atoms with Crippen LogP contribution >= 0.6 is 22.6 Å². The highest BCUT2D eigenvalue weighted by atomic mass is 127. The maximum Gasteiger partial charge on any atom is 0.303 e. The Balaban J connectivity index is 1.94. The second kappa shape index (κ2) is 14.4. The van der Waals surface area contributed by atoms with E-state index in [2.05, 4.69) is 0 Å². The smallest absolute Gasteiger partial charge is 0.303 e. The first kappa shape index (κ1) is 32.7. The van der Waals surface area contributed by atoms with Gasteiger partial charge in [0.05, 0.1) is 9.44 Å². The molecule has 226 valence electrons. The number of aliphatic hydroxyl groups excluding tert-OH is 1. The molecule has 0 aliphatic heterocycles. The van der Waals surface area contributed by atoms with Crippen molar-refractivity contribution in [3.05, 3.63) is 54.2 Å². The van der Waals surface area contributed by atoms with Gasteiger partial charge in [-0.1, -0.05) is 22.6 Å². The van der Waals surface area contributed by atoms with Gasteiger partial charge in [-0.2, -0.15) is 0 Å². The number of ether oxygens (including phenoxy) is 5. The van der Waals surface area contributed by atoms with Gasteiger partial charge in [0.15, 0.2) is 12.2 Å². The fraction of sp³-hybridized carbons (Fsp3) is 0.379. The van der Waals surface area contributed by atoms with Crippen molar-refractivity contribution in [3.8, 4) is 11.4 Å². The molecule has 1 heterocycles. The fourth-order valence-corrected chi connectivity index (χ4v) is 5.06. The quantitative estimate of drug-likeness (QED) is 0.0712. The molecule has 0 radical (unpaired) electrons. The number of halogens is 1. The zero-order chi connectivity index (χ0) is 31.1. The van der Waals surface area contributed by atoms with Crippen molar-refractivity contribution in [2.75, 3.05) is 12.3 Å². The number of nitrogen functional groups attached to an aromatic ring is 1. The minimum atomic E-state index is -1.87. The third-order valence-electron chi connectivity index (χ3n) is 6.04. The molecular weight excluding hydrogens is 663 g/mol. The second-order valence-corrected chi connectivity index (χ2v) is 11.1. The molecule has 0 bridgehead atoms. The summed E-state index contributed by atoms with van der Waals surface area (Å²) in [5.41, 5.74) is 8.94. The Bertz CT molecular complexity index is 1460. The predicted molar refractivity (Wildman–Crippen MR) is 160 cm³/mol. The number of nitrogens with zero attached hydrogens (tertiary/aromatic N) is 1. The Labute approximate surface area is 256 Å². The van der Waals surface area contributed by atoms with Gasteiger partial charge in [-0.3, -0.25) is 19.2 Å². The van der Waals surface area contributed by atoms with Crippen LogP contribution in [0.4, 0.5) is 5.69 Å². The Kier molecular flexibility index (Phi) is 11.2. The first-order valence-electron chi connectivity index (χ1n) is 12.9. The van der Waals surface area contributed by atoms with Crippen LogP contribution in [0.25, 0.3) is 16.6 Å². The number of aryl methyl sites for hydroxylation is 1. The summed E-state index contributed by atoms with van der Waals surface area (Å²) in [6.07, 6.45) is -4.42. The molecule has 12 nitrogen and oxygen atoms in total. The molecule has 42 heavy (non-hydrogen) atoms. The fourth-order valence-electron chi connectivity index (χ4n) is 4.32. The number of carbonyl (C=O) groups excluding carboxylic acids is 4. The van der Waals surface area contributed by atoms with E-state index in [0.29, 0.717) is 11.3 Å². The van der Waals surface area contributed by atoms with Gasteiger partial charge < -0.3 is 39.1 Å². The van der Waals surface area contributed by atoms with Crippen LogP contribution in [-0.4, -0.2) is 68.7 Å². The third-order valence-corrected chi connectivity index (χ3v) is 7.10. The molecule has 5 atom stereocenters. The Morgan fingerprint density at radius 1 is 0.857 bits per heavy atom. The van der Waals surface area contributed by atoms with Crippen molar-refractivity contribution in [2.45, 2.75) is 63.1 Å². The van der Waals surface area contributed by atoms with Gasteiger partial charge in [-0.15, -0.1) is 0 Å². The molecule has 3 aromatic rings. The number of hydrogen-bond donors (Lipinski definition) is 2. The van der Waals surface area contributed by atoms with E-state index in [1.165, 1.54) is 6.92 Å². The number of hydrogen-bond acceptors (Lipinski definition) is 11. The first-order valence-corrected chi connectivity index (χ1v) is 14.1. The van der Waals surface area contributed by atoms with Gasteiger partial charge in [-0.05, 0) is 55.0 Å². The van der Waals surface area contributed by atoms with E-state index in [9.17, 15) is 24.3 Å². The number of alkyl halides is 1. The number of aliphatic hydroxyl groups is 1. The Morgan fingerprint density at radius 3 is 2.07 bits per heavy atom. The number of rotatable bonds is 12. The first-order chi connectivity index (χ1) is 19.8. The highest BCUT2D eigenvalue weighted by Crippen LogP contribution is 2.29. The summed E-state index contributed by atoms with van der Waals surface area (Å²) in [4.78, 5) is 47.5. The van der Waals surface area contributed by atoms with E-state index >= 15 is 0 Å². The number of esters is 4. The zero-order valence-electron chi connectivity index (χ0n) is 23.7. The minimum Gasteiger partial charge on any atom is -0.465 e. The van der Waals surface area contributed by atoms with Crippen molar-refractivity contribution in [1.29, 1.82) is 0 Å². The van der Waals surface area contributed by atoms with Crippen molar-refractivity contribution >= 4 is 63.1 Å². The van der Waals surface area contributed by atoms with Crippen molar-refractivity contribution in [1.82, 2.24) is 4.57 Å². The molecule has 0 aliphatic carbocycles. The van der Waals surface area contributed by atoms with E-state index in [4.69, 9.17) is 29.4 Å². The average Bonchev–Trinajstić information content (AvgIpc) is 3.31. The summed E-state index contributed by atoms with van der Waals surface area (Å²) in [6, 6.07) is 12.8. The summed E-state index contributed by atoms with van der Waals surface area (Å²) in [5.74, 6) is -2.71. The summed E-state index contributed by atoms with van der Waals surface area (Å²) < 4.78 is 28.2. The molecule has 3 unspecified atom stereocenters. The summed E-state index contributed by atoms with van der Waals surface area (Å²) >= 11 is 1.85. The average molecular weight is 696 g/mol. The molecule has 0 saturated heterocycles. The monoisotopic (exact) mass is 696 g/mol. The summed E-state index contributed by atoms with van der Waals surface area (Å²) in [6.45, 7) is 6.08. The van der Waals surface area contributed by atoms with Gasteiger partial charge in [0, 0.05) is 50.7 Å². The Hall–Kier alpha value is -3.85. The largest absolute Gasteiger partial charge is 0.465 e. The van der Waals surface area contributed by atoms with E-state index in [0.717, 1.165) is 37.4 Å². The highest BCUT2D eigenvalue weighted by molar-refractivity contribution is 14.1. The van der Waals surface area contributed by atoms with Crippen LogP contribution in [0.5, 0.6) is 5.75 Å².